The predicted molar refractivity (Wildman–Crippen MR) is 151 cm³/mol. The maximum Gasteiger partial charge on any atom is 0.224 e. The number of aromatic nitrogens is 2. The van der Waals surface area contributed by atoms with Gasteiger partial charge in [-0.15, -0.1) is 0 Å². The highest BCUT2D eigenvalue weighted by molar-refractivity contribution is 6.30. The molecule has 0 spiro atoms. The predicted octanol–water partition coefficient (Wildman–Crippen LogP) is 6.85. The average Bonchev–Trinajstić information content (AvgIpc) is 3.22. The molecule has 0 aliphatic rings. The van der Waals surface area contributed by atoms with Crippen LogP contribution in [0.4, 0.5) is 0 Å². The van der Waals surface area contributed by atoms with Crippen LogP contribution in [0.3, 0.4) is 0 Å². The molecular weight excluding hydrogens is 482 g/mol. The van der Waals surface area contributed by atoms with Crippen molar-refractivity contribution in [3.8, 4) is 5.75 Å². The number of nitrogens with one attached hydrogen (secondary N) is 1. The molecule has 0 atom stereocenters. The Balaban J connectivity index is 1.22. The molecule has 0 unspecified atom stereocenters. The normalized spacial score (nSPS) is 11.1. The fourth-order valence-electron chi connectivity index (χ4n) is 4.66. The fraction of sp³-hybridized carbons (Fsp3) is 0.355. The lowest BCUT2D eigenvalue weighted by Gasteiger charge is -2.11. The molecule has 0 radical (unpaired) electrons. The topological polar surface area (TPSA) is 56.1 Å². The number of unbranched alkanes of at least 4 members (excludes halogenated alkanes) is 2. The third-order valence-electron chi connectivity index (χ3n) is 6.40. The van der Waals surface area contributed by atoms with E-state index in [0.717, 1.165) is 61.3 Å². The van der Waals surface area contributed by atoms with Crippen LogP contribution in [0.25, 0.3) is 11.0 Å². The lowest BCUT2D eigenvalue weighted by Crippen LogP contribution is -2.26. The first-order chi connectivity index (χ1) is 18.0. The molecule has 4 aromatic rings. The van der Waals surface area contributed by atoms with Gasteiger partial charge >= 0.3 is 0 Å². The second-order valence-electron chi connectivity index (χ2n) is 9.66. The number of hydrogen-bond donors (Lipinski definition) is 1. The van der Waals surface area contributed by atoms with Crippen molar-refractivity contribution in [3.05, 3.63) is 94.3 Å². The van der Waals surface area contributed by atoms with Crippen LogP contribution in [0, 0.1) is 13.8 Å². The molecule has 1 amide bonds. The molecule has 1 aromatic heterocycles. The highest BCUT2D eigenvalue weighted by atomic mass is 35.5. The van der Waals surface area contributed by atoms with E-state index in [9.17, 15) is 4.79 Å². The summed E-state index contributed by atoms with van der Waals surface area (Å²) in [6, 6.07) is 22.1. The number of nitrogens with zero attached hydrogens (tertiary/aromatic N) is 2. The number of carbonyl (C=O) groups is 1. The molecule has 6 heteroatoms. The van der Waals surface area contributed by atoms with Gasteiger partial charge in [-0.3, -0.25) is 4.79 Å². The monoisotopic (exact) mass is 517 g/mol. The number of imidazole rings is 1. The molecule has 0 aliphatic heterocycles. The van der Waals surface area contributed by atoms with Crippen molar-refractivity contribution in [1.29, 1.82) is 0 Å². The Kier molecular flexibility index (Phi) is 9.61. The van der Waals surface area contributed by atoms with Crippen LogP contribution in [0.1, 0.15) is 48.2 Å². The minimum Gasteiger partial charge on any atom is -0.494 e. The Bertz CT molecular complexity index is 1290. The number of benzene rings is 3. The summed E-state index contributed by atoms with van der Waals surface area (Å²) in [6.07, 6.45) is 5.26. The summed E-state index contributed by atoms with van der Waals surface area (Å²) < 4.78 is 8.37. The van der Waals surface area contributed by atoms with Crippen molar-refractivity contribution in [2.45, 2.75) is 58.9 Å². The van der Waals surface area contributed by atoms with E-state index < -0.39 is 0 Å². The first-order valence-corrected chi connectivity index (χ1v) is 13.5. The van der Waals surface area contributed by atoms with Gasteiger partial charge in [-0.2, -0.15) is 0 Å². The van der Waals surface area contributed by atoms with Crippen LogP contribution < -0.4 is 10.1 Å². The number of aryl methyl sites for hydroxylation is 4. The van der Waals surface area contributed by atoms with E-state index in [2.05, 4.69) is 60.1 Å². The van der Waals surface area contributed by atoms with Gasteiger partial charge in [0, 0.05) is 24.5 Å². The third-order valence-corrected chi connectivity index (χ3v) is 6.65. The molecule has 0 saturated heterocycles. The van der Waals surface area contributed by atoms with Gasteiger partial charge < -0.3 is 14.6 Å². The number of amides is 1. The SMILES string of the molecule is Cc1cc(C)cc(OCCCn2c(CCCCCNC(=O)Cc3ccc(Cl)cc3)nc3ccccc32)c1. The molecule has 0 saturated carbocycles. The summed E-state index contributed by atoms with van der Waals surface area (Å²) in [5.74, 6) is 2.11. The van der Waals surface area contributed by atoms with Crippen molar-refractivity contribution < 1.29 is 9.53 Å². The summed E-state index contributed by atoms with van der Waals surface area (Å²) in [4.78, 5) is 17.1. The minimum atomic E-state index is 0.0483. The maximum atomic E-state index is 12.2. The Morgan fingerprint density at radius 2 is 1.70 bits per heavy atom. The van der Waals surface area contributed by atoms with Gasteiger partial charge in [0.25, 0.3) is 0 Å². The van der Waals surface area contributed by atoms with E-state index in [0.29, 0.717) is 24.6 Å². The molecule has 4 rings (SSSR count). The van der Waals surface area contributed by atoms with E-state index in [1.165, 1.54) is 16.6 Å². The van der Waals surface area contributed by atoms with Gasteiger partial charge in [-0.1, -0.05) is 48.4 Å². The number of fused-ring (bicyclic) bond motifs is 1. The number of carbonyl (C=O) groups excluding carboxylic acids is 1. The molecule has 0 fully saturated rings. The van der Waals surface area contributed by atoms with Crippen molar-refractivity contribution in [2.75, 3.05) is 13.2 Å². The van der Waals surface area contributed by atoms with E-state index in [1.807, 2.05) is 30.3 Å². The van der Waals surface area contributed by atoms with Gasteiger partial charge in [0.2, 0.25) is 5.91 Å². The van der Waals surface area contributed by atoms with Crippen molar-refractivity contribution >= 4 is 28.5 Å². The Labute approximate surface area is 224 Å². The van der Waals surface area contributed by atoms with Crippen LogP contribution in [0.5, 0.6) is 5.75 Å². The number of ether oxygens (including phenoxy) is 1. The molecule has 37 heavy (non-hydrogen) atoms. The average molecular weight is 518 g/mol. The van der Waals surface area contributed by atoms with Crippen LogP contribution >= 0.6 is 11.6 Å². The molecule has 194 valence electrons. The Morgan fingerprint density at radius 3 is 2.49 bits per heavy atom. The molecular formula is C31H36ClN3O2. The van der Waals surface area contributed by atoms with Gasteiger partial charge in [-0.05, 0) is 86.2 Å². The zero-order valence-corrected chi connectivity index (χ0v) is 22.6. The lowest BCUT2D eigenvalue weighted by molar-refractivity contribution is -0.120. The molecule has 1 N–H and O–H groups in total. The van der Waals surface area contributed by atoms with Crippen molar-refractivity contribution in [1.82, 2.24) is 14.9 Å². The minimum absolute atomic E-state index is 0.0483. The van der Waals surface area contributed by atoms with Crippen LogP contribution in [-0.4, -0.2) is 28.6 Å². The number of para-hydroxylation sites is 2. The van der Waals surface area contributed by atoms with Crippen LogP contribution in [-0.2, 0) is 24.2 Å². The van der Waals surface area contributed by atoms with Crippen molar-refractivity contribution in [3.63, 3.8) is 0 Å². The molecule has 3 aromatic carbocycles. The highest BCUT2D eigenvalue weighted by Crippen LogP contribution is 2.20. The molecule has 0 aliphatic carbocycles. The summed E-state index contributed by atoms with van der Waals surface area (Å²) in [6.45, 7) is 6.43. The summed E-state index contributed by atoms with van der Waals surface area (Å²) in [5.41, 5.74) is 5.64. The zero-order valence-electron chi connectivity index (χ0n) is 21.8. The van der Waals surface area contributed by atoms with E-state index in [4.69, 9.17) is 21.3 Å². The smallest absolute Gasteiger partial charge is 0.224 e. The molecule has 0 bridgehead atoms. The summed E-state index contributed by atoms with van der Waals surface area (Å²) in [7, 11) is 0. The van der Waals surface area contributed by atoms with E-state index >= 15 is 0 Å². The fourth-order valence-corrected chi connectivity index (χ4v) is 4.78. The van der Waals surface area contributed by atoms with Gasteiger partial charge in [0.1, 0.15) is 11.6 Å². The lowest BCUT2D eigenvalue weighted by atomic mass is 10.1. The van der Waals surface area contributed by atoms with Crippen LogP contribution in [0.2, 0.25) is 5.02 Å². The molecule has 5 nitrogen and oxygen atoms in total. The van der Waals surface area contributed by atoms with Gasteiger partial charge in [-0.25, -0.2) is 4.98 Å². The van der Waals surface area contributed by atoms with Crippen molar-refractivity contribution in [2.24, 2.45) is 0 Å². The van der Waals surface area contributed by atoms with E-state index in [1.54, 1.807) is 0 Å². The van der Waals surface area contributed by atoms with Gasteiger partial charge in [0.05, 0.1) is 24.1 Å². The first-order valence-electron chi connectivity index (χ1n) is 13.1. The quantitative estimate of drug-likeness (QED) is 0.197. The largest absolute Gasteiger partial charge is 0.494 e. The third kappa shape index (κ3) is 8.09. The van der Waals surface area contributed by atoms with Crippen LogP contribution in [0.15, 0.2) is 66.7 Å². The zero-order chi connectivity index (χ0) is 26.0. The molecule has 1 heterocycles. The Morgan fingerprint density at radius 1 is 0.946 bits per heavy atom. The summed E-state index contributed by atoms with van der Waals surface area (Å²) >= 11 is 5.91. The second-order valence-corrected chi connectivity index (χ2v) is 10.1. The number of rotatable bonds is 13. The Hall–Kier alpha value is -3.31. The number of halogens is 1. The maximum absolute atomic E-state index is 12.2. The first kappa shape index (κ1) is 26.7. The van der Waals surface area contributed by atoms with E-state index in [-0.39, 0.29) is 5.91 Å². The second kappa shape index (κ2) is 13.3. The standard InChI is InChI=1S/C31H36ClN3O2/c1-23-19-24(2)21-27(20-23)37-18-8-17-35-29-10-6-5-9-28(29)34-30(35)11-4-3-7-16-33-31(36)22-25-12-14-26(32)15-13-25/h5-6,9-10,12-15,19-21H,3-4,7-8,11,16-18,22H2,1-2H3,(H,33,36). The highest BCUT2D eigenvalue weighted by Gasteiger charge is 2.10. The number of hydrogen-bond acceptors (Lipinski definition) is 3. The summed E-state index contributed by atoms with van der Waals surface area (Å²) in [5, 5.41) is 3.71. The van der Waals surface area contributed by atoms with Gasteiger partial charge in [0.15, 0.2) is 0 Å².